The van der Waals surface area contributed by atoms with Crippen LogP contribution in [0.2, 0.25) is 0 Å². The van der Waals surface area contributed by atoms with Crippen molar-refractivity contribution in [3.63, 3.8) is 0 Å². The van der Waals surface area contributed by atoms with Gasteiger partial charge in [-0.05, 0) is 73.8 Å². The highest BCUT2D eigenvalue weighted by atomic mass is 16.8. The average Bonchev–Trinajstić information content (AvgIpc) is 3.77. The van der Waals surface area contributed by atoms with Crippen LogP contribution in [0.25, 0.3) is 0 Å². The first-order valence-electron chi connectivity index (χ1n) is 20.1. The minimum Gasteiger partial charge on any atom is -0.392 e. The third kappa shape index (κ3) is 6.53. The van der Waals surface area contributed by atoms with Gasteiger partial charge in [-0.15, -0.1) is 0 Å². The Kier molecular flexibility index (Phi) is 9.59. The summed E-state index contributed by atoms with van der Waals surface area (Å²) >= 11 is 0. The van der Waals surface area contributed by atoms with E-state index >= 15 is 0 Å². The molecule has 0 aliphatic carbocycles. The molecule has 3 N–H and O–H groups in total. The number of aliphatic hydroxyl groups excluding tert-OH is 1. The summed E-state index contributed by atoms with van der Waals surface area (Å²) in [6.07, 6.45) is 6.43. The molecular formula is C40H59NO10. The van der Waals surface area contributed by atoms with E-state index in [1.165, 1.54) is 0 Å². The van der Waals surface area contributed by atoms with Crippen LogP contribution in [-0.2, 0) is 42.7 Å². The largest absolute Gasteiger partial charge is 0.392 e. The molecule has 1 spiro atoms. The van der Waals surface area contributed by atoms with Crippen molar-refractivity contribution in [1.82, 2.24) is 0 Å². The summed E-state index contributed by atoms with van der Waals surface area (Å²) in [6.45, 7) is 13.5. The number of hydrogen-bond donors (Lipinski definition) is 2. The average molecular weight is 714 g/mol. The highest BCUT2D eigenvalue weighted by Crippen LogP contribution is 2.54. The summed E-state index contributed by atoms with van der Waals surface area (Å²) < 4.78 is 54.0. The van der Waals surface area contributed by atoms with Gasteiger partial charge in [0.15, 0.2) is 5.79 Å². The van der Waals surface area contributed by atoms with Gasteiger partial charge in [0, 0.05) is 45.1 Å². The van der Waals surface area contributed by atoms with Crippen LogP contribution < -0.4 is 5.73 Å². The van der Waals surface area contributed by atoms with E-state index in [9.17, 15) is 9.90 Å². The van der Waals surface area contributed by atoms with Gasteiger partial charge in [0.05, 0.1) is 61.0 Å². The lowest BCUT2D eigenvalue weighted by atomic mass is 9.78. The number of hydrogen-bond acceptors (Lipinski definition) is 11. The van der Waals surface area contributed by atoms with Crippen molar-refractivity contribution in [3.8, 4) is 0 Å². The molecule has 10 aliphatic heterocycles. The third-order valence-corrected chi connectivity index (χ3v) is 14.2. The number of nitrogens with two attached hydrogens (primary N) is 1. The Morgan fingerprint density at radius 3 is 2.35 bits per heavy atom. The monoisotopic (exact) mass is 713 g/mol. The van der Waals surface area contributed by atoms with Crippen LogP contribution in [0.5, 0.6) is 0 Å². The summed E-state index contributed by atoms with van der Waals surface area (Å²) in [5.74, 6) is -0.222. The molecule has 10 saturated heterocycles. The number of rotatable bonds is 3. The number of fused-ring (bicyclic) bond motifs is 6. The second kappa shape index (κ2) is 13.8. The summed E-state index contributed by atoms with van der Waals surface area (Å²) in [4.78, 5) is 14.0. The molecule has 284 valence electrons. The Balaban J connectivity index is 0.986. The molecule has 0 radical (unpaired) electrons. The molecule has 12 bridgehead atoms. The molecule has 10 heterocycles. The lowest BCUT2D eigenvalue weighted by molar-refractivity contribution is -0.292. The van der Waals surface area contributed by atoms with Crippen LogP contribution in [0.4, 0.5) is 0 Å². The van der Waals surface area contributed by atoms with E-state index < -0.39 is 11.9 Å². The Morgan fingerprint density at radius 1 is 0.765 bits per heavy atom. The maximum Gasteiger partial charge on any atom is 0.172 e. The number of ether oxygens (including phenoxy) is 8. The molecule has 6 unspecified atom stereocenters. The number of Topliss-reactive ketones (excluding diaryl/α,β-unsaturated/α-hetero) is 1. The van der Waals surface area contributed by atoms with Gasteiger partial charge in [-0.1, -0.05) is 27.0 Å². The standard InChI is InChI=1S/C40H59NO10/c1-19-11-25-5-7-29-20(2)12-27(44-29)9-10-40-17-34-36(50-40)37-38(49-34)39(51-40)35-30(48-37)8-6-26(46-35)13-23(42)14-28-22(4)31(15-24(43)18-41)47-33(28)16-32(45-25)21(19)3/h19,22,24-39,43H,2-3,5-18,41H2,1,4H3/t19-,22-,24+,25?,26?,27?,28-,29+,30+,31-,32?,33+,34-,35+,36?,37+,38-,39?,40+/m1/s1. The predicted octanol–water partition coefficient (Wildman–Crippen LogP) is 4.06. The summed E-state index contributed by atoms with van der Waals surface area (Å²) in [6, 6.07) is 0. The first kappa shape index (κ1) is 35.5. The number of carbonyl (C=O) groups excluding carboxylic acids is 1. The van der Waals surface area contributed by atoms with Crippen LogP contribution in [0.15, 0.2) is 24.3 Å². The lowest BCUT2D eigenvalue weighted by Gasteiger charge is -2.47. The SMILES string of the molecule is C=C1C2C[C@@H]3O[C@H](C[C@H](O)CN)[C@H](C)[C@H]3CC(=O)CC3CC[C@@H]4O[C@H]5C6O[C@]7(CCC8CC(=C)[C@H](CCC(C[C@H]1C)O2)O8)C[C@H]6O[C@H]5C(O7)[C@H]4O3. The van der Waals surface area contributed by atoms with Gasteiger partial charge in [0.1, 0.15) is 36.3 Å². The smallest absolute Gasteiger partial charge is 0.172 e. The van der Waals surface area contributed by atoms with Crippen molar-refractivity contribution < 1.29 is 47.8 Å². The molecule has 19 atom stereocenters. The fraction of sp³-hybridized carbons (Fsp3) is 0.875. The lowest BCUT2D eigenvalue weighted by Crippen LogP contribution is -2.61. The molecule has 11 nitrogen and oxygen atoms in total. The van der Waals surface area contributed by atoms with E-state index in [0.717, 1.165) is 56.1 Å². The molecule has 10 aliphatic rings. The quantitative estimate of drug-likeness (QED) is 0.410. The van der Waals surface area contributed by atoms with Crippen LogP contribution in [0.1, 0.15) is 97.3 Å². The van der Waals surface area contributed by atoms with Gasteiger partial charge in [-0.2, -0.15) is 0 Å². The number of carbonyl (C=O) groups is 1. The molecule has 11 heteroatoms. The highest BCUT2D eigenvalue weighted by Gasteiger charge is 2.68. The maximum atomic E-state index is 14.0. The fourth-order valence-corrected chi connectivity index (χ4v) is 11.3. The normalized spacial score (nSPS) is 53.2. The van der Waals surface area contributed by atoms with Crippen molar-refractivity contribution in [3.05, 3.63) is 24.3 Å². The Hall–Kier alpha value is -1.25. The van der Waals surface area contributed by atoms with E-state index in [1.807, 2.05) is 0 Å². The van der Waals surface area contributed by atoms with E-state index in [-0.39, 0.29) is 110 Å². The zero-order valence-corrected chi connectivity index (χ0v) is 30.4. The number of ketones is 1. The topological polar surface area (TPSA) is 137 Å². The fourth-order valence-electron chi connectivity index (χ4n) is 11.3. The van der Waals surface area contributed by atoms with Crippen molar-refractivity contribution in [2.75, 3.05) is 6.54 Å². The Bertz CT molecular complexity index is 1360. The van der Waals surface area contributed by atoms with Crippen LogP contribution >= 0.6 is 0 Å². The molecular weight excluding hydrogens is 654 g/mol. The van der Waals surface area contributed by atoms with Crippen LogP contribution in [0.3, 0.4) is 0 Å². The summed E-state index contributed by atoms with van der Waals surface area (Å²) in [5, 5.41) is 10.5. The van der Waals surface area contributed by atoms with Gasteiger partial charge in [-0.25, -0.2) is 0 Å². The Morgan fingerprint density at radius 2 is 1.51 bits per heavy atom. The summed E-state index contributed by atoms with van der Waals surface area (Å²) in [7, 11) is 0. The van der Waals surface area contributed by atoms with E-state index in [2.05, 4.69) is 27.0 Å². The molecule has 0 aromatic rings. The van der Waals surface area contributed by atoms with Gasteiger partial charge in [0.25, 0.3) is 0 Å². The van der Waals surface area contributed by atoms with Gasteiger partial charge >= 0.3 is 0 Å². The van der Waals surface area contributed by atoms with Gasteiger partial charge in [-0.3, -0.25) is 4.79 Å². The van der Waals surface area contributed by atoms with Crippen molar-refractivity contribution in [1.29, 1.82) is 0 Å². The van der Waals surface area contributed by atoms with Gasteiger partial charge < -0.3 is 48.7 Å². The third-order valence-electron chi connectivity index (χ3n) is 14.2. The second-order valence-corrected chi connectivity index (χ2v) is 17.6. The predicted molar refractivity (Wildman–Crippen MR) is 185 cm³/mol. The van der Waals surface area contributed by atoms with Crippen molar-refractivity contribution in [2.24, 2.45) is 23.5 Å². The first-order chi connectivity index (χ1) is 24.6. The first-order valence-corrected chi connectivity index (χ1v) is 20.1. The molecule has 51 heavy (non-hydrogen) atoms. The maximum absolute atomic E-state index is 14.0. The second-order valence-electron chi connectivity index (χ2n) is 17.6. The minimum absolute atomic E-state index is 0.00127. The van der Waals surface area contributed by atoms with E-state index in [4.69, 9.17) is 43.6 Å². The zero-order valence-electron chi connectivity index (χ0n) is 30.4. The van der Waals surface area contributed by atoms with E-state index in [0.29, 0.717) is 44.4 Å². The molecule has 10 rings (SSSR count). The van der Waals surface area contributed by atoms with Crippen molar-refractivity contribution in [2.45, 2.75) is 195 Å². The van der Waals surface area contributed by atoms with Crippen LogP contribution in [0, 0.1) is 17.8 Å². The summed E-state index contributed by atoms with van der Waals surface area (Å²) in [5.41, 5.74) is 8.06. The molecule has 10 fully saturated rings. The highest BCUT2D eigenvalue weighted by molar-refractivity contribution is 5.79. The van der Waals surface area contributed by atoms with E-state index in [1.54, 1.807) is 0 Å². The molecule has 0 amide bonds. The zero-order chi connectivity index (χ0) is 35.2. The minimum atomic E-state index is -0.765. The Labute approximate surface area is 302 Å². The van der Waals surface area contributed by atoms with Crippen LogP contribution in [-0.4, -0.2) is 115 Å². The molecule has 0 aromatic heterocycles. The number of aliphatic hydroxyl groups is 1. The van der Waals surface area contributed by atoms with Gasteiger partial charge in [0.2, 0.25) is 0 Å². The molecule has 0 saturated carbocycles. The van der Waals surface area contributed by atoms with Crippen molar-refractivity contribution >= 4 is 5.78 Å². The molecule has 0 aromatic carbocycles.